The number of H-pyrrole nitrogens is 2. The van der Waals surface area contributed by atoms with E-state index in [1.165, 1.54) is 30.5 Å². The number of nitrogens with one attached hydrogen (secondary N) is 2. The predicted molar refractivity (Wildman–Crippen MR) is 142 cm³/mol. The summed E-state index contributed by atoms with van der Waals surface area (Å²) in [7, 11) is 0. The normalized spacial score (nSPS) is 14.2. The van der Waals surface area contributed by atoms with Gasteiger partial charge in [0.05, 0.1) is 28.8 Å². The third-order valence-electron chi connectivity index (χ3n) is 7.06. The average Bonchev–Trinajstić information content (AvgIpc) is 3.68. The van der Waals surface area contributed by atoms with Crippen molar-refractivity contribution in [2.45, 2.75) is 19.4 Å². The number of benzene rings is 1. The number of aromatic amines is 2. The van der Waals surface area contributed by atoms with Crippen LogP contribution in [0.1, 0.15) is 18.4 Å². The van der Waals surface area contributed by atoms with Crippen LogP contribution in [-0.4, -0.2) is 48.1 Å². The second-order valence-electron chi connectivity index (χ2n) is 9.56. The van der Waals surface area contributed by atoms with E-state index in [0.717, 1.165) is 75.3 Å². The molecule has 1 aromatic carbocycles. The Morgan fingerprint density at radius 2 is 1.65 bits per heavy atom. The number of halogens is 1. The van der Waals surface area contributed by atoms with E-state index in [1.54, 1.807) is 18.3 Å². The molecule has 1 fully saturated rings. The number of nitrogens with zero attached hydrogens (tertiary/aromatic N) is 5. The fraction of sp³-hybridized carbons (Fsp3) is 0.172. The molecule has 0 aliphatic carbocycles. The minimum absolute atomic E-state index is 0.269. The van der Waals surface area contributed by atoms with Gasteiger partial charge in [-0.25, -0.2) is 4.39 Å². The molecule has 7 nitrogen and oxygen atoms in total. The largest absolute Gasteiger partial charge is 0.353 e. The van der Waals surface area contributed by atoms with Crippen molar-refractivity contribution in [3.05, 3.63) is 84.7 Å². The molecule has 1 aliphatic heterocycles. The lowest BCUT2D eigenvalue weighted by Crippen LogP contribution is -2.18. The molecule has 1 saturated heterocycles. The number of likely N-dealkylation sites (tertiary alicyclic amines) is 1. The highest BCUT2D eigenvalue weighted by atomic mass is 19.1. The van der Waals surface area contributed by atoms with Crippen LogP contribution in [0.4, 0.5) is 4.39 Å². The van der Waals surface area contributed by atoms with Gasteiger partial charge < -0.3 is 4.98 Å². The predicted octanol–water partition coefficient (Wildman–Crippen LogP) is 5.97. The van der Waals surface area contributed by atoms with Crippen LogP contribution in [0.15, 0.2) is 73.3 Å². The Hall–Kier alpha value is -4.43. The van der Waals surface area contributed by atoms with Crippen LogP contribution in [0.25, 0.3) is 55.7 Å². The maximum Gasteiger partial charge on any atom is 0.123 e. The van der Waals surface area contributed by atoms with Crippen LogP contribution in [0.2, 0.25) is 0 Å². The van der Waals surface area contributed by atoms with Crippen LogP contribution >= 0.6 is 0 Å². The highest BCUT2D eigenvalue weighted by Crippen LogP contribution is 2.34. The van der Waals surface area contributed by atoms with Gasteiger partial charge in [0.2, 0.25) is 0 Å². The Morgan fingerprint density at radius 3 is 2.51 bits per heavy atom. The lowest BCUT2D eigenvalue weighted by atomic mass is 10.1. The lowest BCUT2D eigenvalue weighted by Gasteiger charge is -2.14. The van der Waals surface area contributed by atoms with E-state index in [9.17, 15) is 4.39 Å². The standard InChI is InChI=1S/C29H24FN7/c30-21-5-3-19(4-6-21)28-22-13-26(34-24(22)7-8-32-28)29-23-12-25(33-16-27(23)35-36-29)20-11-18(14-31-15-20)17-37-9-1-2-10-37/h3-8,11-16,34H,1-2,9-10,17H2,(H,35,36). The topological polar surface area (TPSA) is 86.4 Å². The molecule has 7 rings (SSSR count). The zero-order valence-electron chi connectivity index (χ0n) is 20.1. The average molecular weight is 490 g/mol. The molecule has 1 aliphatic rings. The number of aromatic nitrogens is 6. The Morgan fingerprint density at radius 1 is 0.811 bits per heavy atom. The van der Waals surface area contributed by atoms with Crippen LogP contribution in [0, 0.1) is 5.82 Å². The Balaban J connectivity index is 1.27. The molecule has 0 bridgehead atoms. The Labute approximate surface area is 212 Å². The molecule has 0 atom stereocenters. The summed E-state index contributed by atoms with van der Waals surface area (Å²) >= 11 is 0. The lowest BCUT2D eigenvalue weighted by molar-refractivity contribution is 0.331. The van der Waals surface area contributed by atoms with Gasteiger partial charge in [0.25, 0.3) is 0 Å². The van der Waals surface area contributed by atoms with Crippen molar-refractivity contribution < 1.29 is 4.39 Å². The van der Waals surface area contributed by atoms with Crippen molar-refractivity contribution in [1.82, 2.24) is 35.0 Å². The summed E-state index contributed by atoms with van der Waals surface area (Å²) in [6.07, 6.45) is 9.93. The minimum Gasteiger partial charge on any atom is -0.353 e. The molecule has 0 amide bonds. The third kappa shape index (κ3) is 4.05. The van der Waals surface area contributed by atoms with Crippen LogP contribution in [0.5, 0.6) is 0 Å². The molecule has 0 unspecified atom stereocenters. The summed E-state index contributed by atoms with van der Waals surface area (Å²) in [4.78, 5) is 19.7. The number of rotatable bonds is 5. The fourth-order valence-corrected chi connectivity index (χ4v) is 5.21. The first kappa shape index (κ1) is 21.8. The van der Waals surface area contributed by atoms with Crippen molar-refractivity contribution in [2.75, 3.05) is 13.1 Å². The molecule has 0 spiro atoms. The van der Waals surface area contributed by atoms with Crippen molar-refractivity contribution >= 4 is 21.8 Å². The quantitative estimate of drug-likeness (QED) is 0.312. The number of fused-ring (bicyclic) bond motifs is 2. The van der Waals surface area contributed by atoms with Gasteiger partial charge in [0.15, 0.2) is 0 Å². The smallest absolute Gasteiger partial charge is 0.123 e. The highest BCUT2D eigenvalue weighted by molar-refractivity contribution is 6.00. The monoisotopic (exact) mass is 489 g/mol. The van der Waals surface area contributed by atoms with E-state index in [-0.39, 0.29) is 5.82 Å². The Bertz CT molecular complexity index is 1730. The second kappa shape index (κ2) is 8.90. The van der Waals surface area contributed by atoms with Crippen LogP contribution in [-0.2, 0) is 6.54 Å². The zero-order chi connectivity index (χ0) is 24.8. The van der Waals surface area contributed by atoms with Gasteiger partial charge in [-0.2, -0.15) is 5.10 Å². The van der Waals surface area contributed by atoms with Crippen LogP contribution in [0.3, 0.4) is 0 Å². The highest BCUT2D eigenvalue weighted by Gasteiger charge is 2.16. The van der Waals surface area contributed by atoms with Gasteiger partial charge >= 0.3 is 0 Å². The van der Waals surface area contributed by atoms with E-state index in [2.05, 4.69) is 53.2 Å². The van der Waals surface area contributed by atoms with E-state index < -0.39 is 0 Å². The maximum atomic E-state index is 13.5. The van der Waals surface area contributed by atoms with E-state index in [1.807, 2.05) is 24.7 Å². The molecule has 0 saturated carbocycles. The fourth-order valence-electron chi connectivity index (χ4n) is 5.21. The molecule has 182 valence electrons. The number of pyridine rings is 3. The molecular weight excluding hydrogens is 465 g/mol. The van der Waals surface area contributed by atoms with E-state index in [0.29, 0.717) is 0 Å². The third-order valence-corrected chi connectivity index (χ3v) is 7.06. The maximum absolute atomic E-state index is 13.5. The minimum atomic E-state index is -0.269. The van der Waals surface area contributed by atoms with Crippen molar-refractivity contribution in [1.29, 1.82) is 0 Å². The number of hydrogen-bond acceptors (Lipinski definition) is 5. The van der Waals surface area contributed by atoms with Gasteiger partial charge in [-0.1, -0.05) is 0 Å². The summed E-state index contributed by atoms with van der Waals surface area (Å²) < 4.78 is 13.5. The molecule has 0 radical (unpaired) electrons. The van der Waals surface area contributed by atoms with E-state index >= 15 is 0 Å². The first-order valence-corrected chi connectivity index (χ1v) is 12.5. The molecule has 6 aromatic rings. The van der Waals surface area contributed by atoms with Crippen molar-refractivity contribution in [3.8, 4) is 33.9 Å². The molecule has 8 heteroatoms. The second-order valence-corrected chi connectivity index (χ2v) is 9.56. The van der Waals surface area contributed by atoms with Crippen LogP contribution < -0.4 is 0 Å². The molecule has 2 N–H and O–H groups in total. The van der Waals surface area contributed by atoms with E-state index in [4.69, 9.17) is 0 Å². The molecular formula is C29H24FN7. The van der Waals surface area contributed by atoms with Gasteiger partial charge in [0, 0.05) is 52.6 Å². The summed E-state index contributed by atoms with van der Waals surface area (Å²) in [5.41, 5.74) is 8.17. The summed E-state index contributed by atoms with van der Waals surface area (Å²) in [5.74, 6) is -0.269. The van der Waals surface area contributed by atoms with Crippen molar-refractivity contribution in [2.24, 2.45) is 0 Å². The number of hydrogen-bond donors (Lipinski definition) is 2. The SMILES string of the molecule is Fc1ccc(-c2nccc3[nH]c(-c4n[nH]c5cnc(-c6cncc(CN7CCCC7)c6)cc45)cc23)cc1. The molecule has 6 heterocycles. The first-order valence-electron chi connectivity index (χ1n) is 12.5. The molecule has 37 heavy (non-hydrogen) atoms. The van der Waals surface area contributed by atoms with Gasteiger partial charge in [-0.05, 0) is 80.0 Å². The summed E-state index contributed by atoms with van der Waals surface area (Å²) in [6.45, 7) is 3.21. The summed E-state index contributed by atoms with van der Waals surface area (Å²) in [6, 6.07) is 14.6. The first-order chi connectivity index (χ1) is 18.2. The zero-order valence-corrected chi connectivity index (χ0v) is 20.1. The van der Waals surface area contributed by atoms with Gasteiger partial charge in [-0.15, -0.1) is 0 Å². The summed E-state index contributed by atoms with van der Waals surface area (Å²) in [5, 5.41) is 9.64. The Kier molecular flexibility index (Phi) is 5.25. The molecule has 5 aromatic heterocycles. The van der Waals surface area contributed by atoms with Gasteiger partial charge in [0.1, 0.15) is 11.5 Å². The van der Waals surface area contributed by atoms with Gasteiger partial charge in [-0.3, -0.25) is 25.0 Å². The van der Waals surface area contributed by atoms with Crippen molar-refractivity contribution in [3.63, 3.8) is 0 Å².